The Balaban J connectivity index is 1.53. The third-order valence-corrected chi connectivity index (χ3v) is 5.30. The fourth-order valence-corrected chi connectivity index (χ4v) is 3.81. The maximum atomic E-state index is 13.1. The van der Waals surface area contributed by atoms with Gasteiger partial charge in [-0.3, -0.25) is 14.9 Å². The first-order valence-corrected chi connectivity index (χ1v) is 9.38. The second-order valence-corrected chi connectivity index (χ2v) is 7.13. The van der Waals surface area contributed by atoms with Crippen molar-refractivity contribution in [2.45, 2.75) is 0 Å². The van der Waals surface area contributed by atoms with Crippen LogP contribution >= 0.6 is 11.6 Å². The van der Waals surface area contributed by atoms with E-state index in [-0.39, 0.29) is 11.6 Å². The van der Waals surface area contributed by atoms with E-state index in [1.54, 1.807) is 17.0 Å². The second-order valence-electron chi connectivity index (χ2n) is 6.70. The van der Waals surface area contributed by atoms with Gasteiger partial charge in [-0.15, -0.1) is 0 Å². The van der Waals surface area contributed by atoms with E-state index >= 15 is 0 Å². The van der Waals surface area contributed by atoms with Crippen molar-refractivity contribution >= 4 is 39.7 Å². The van der Waals surface area contributed by atoms with Gasteiger partial charge in [0.05, 0.1) is 4.92 Å². The van der Waals surface area contributed by atoms with Crippen LogP contribution < -0.4 is 4.90 Å². The number of carbonyl (C=O) groups excluding carboxylic acids is 1. The summed E-state index contributed by atoms with van der Waals surface area (Å²) >= 11 is 5.90. The van der Waals surface area contributed by atoms with Gasteiger partial charge in [0.15, 0.2) is 0 Å². The Morgan fingerprint density at radius 2 is 1.68 bits per heavy atom. The molecule has 1 aliphatic rings. The lowest BCUT2D eigenvalue weighted by atomic mass is 10.0. The number of amides is 1. The number of halogens is 1. The quantitative estimate of drug-likeness (QED) is 0.488. The van der Waals surface area contributed by atoms with E-state index < -0.39 is 4.92 Å². The molecule has 0 aliphatic carbocycles. The summed E-state index contributed by atoms with van der Waals surface area (Å²) in [6.07, 6.45) is 0. The lowest BCUT2D eigenvalue weighted by Crippen LogP contribution is -2.49. The fraction of sp³-hybridized carbons (Fsp3) is 0.190. The monoisotopic (exact) mass is 395 g/mol. The number of nitro groups is 1. The summed E-state index contributed by atoms with van der Waals surface area (Å²) in [4.78, 5) is 27.7. The zero-order valence-electron chi connectivity index (χ0n) is 15.0. The van der Waals surface area contributed by atoms with Gasteiger partial charge in [-0.1, -0.05) is 48.0 Å². The molecule has 0 atom stereocenters. The van der Waals surface area contributed by atoms with E-state index in [0.29, 0.717) is 42.5 Å². The van der Waals surface area contributed by atoms with Gasteiger partial charge >= 0.3 is 0 Å². The van der Waals surface area contributed by atoms with Gasteiger partial charge in [0.1, 0.15) is 5.69 Å². The SMILES string of the molecule is O=C(c1cccc2ccccc12)N1CCN(c2ccc(Cl)cc2[N+](=O)[O-])CC1. The first-order chi connectivity index (χ1) is 13.5. The normalized spacial score (nSPS) is 14.3. The molecular weight excluding hydrogens is 378 g/mol. The van der Waals surface area contributed by atoms with E-state index in [1.807, 2.05) is 47.4 Å². The topological polar surface area (TPSA) is 66.7 Å². The second kappa shape index (κ2) is 7.48. The lowest BCUT2D eigenvalue weighted by molar-refractivity contribution is -0.384. The Morgan fingerprint density at radius 1 is 0.964 bits per heavy atom. The van der Waals surface area contributed by atoms with E-state index in [1.165, 1.54) is 6.07 Å². The number of benzene rings is 3. The molecule has 0 spiro atoms. The van der Waals surface area contributed by atoms with Crippen LogP contribution in [0.2, 0.25) is 5.02 Å². The van der Waals surface area contributed by atoms with Crippen LogP contribution in [0, 0.1) is 10.1 Å². The van der Waals surface area contributed by atoms with Crippen LogP contribution in [0.3, 0.4) is 0 Å². The van der Waals surface area contributed by atoms with Crippen molar-refractivity contribution in [2.75, 3.05) is 31.1 Å². The molecule has 1 heterocycles. The number of carbonyl (C=O) groups is 1. The molecule has 0 N–H and O–H groups in total. The van der Waals surface area contributed by atoms with Crippen LogP contribution in [-0.2, 0) is 0 Å². The van der Waals surface area contributed by atoms with Crippen molar-refractivity contribution < 1.29 is 9.72 Å². The molecule has 3 aromatic rings. The number of piperazine rings is 1. The molecule has 0 saturated carbocycles. The number of rotatable bonds is 3. The van der Waals surface area contributed by atoms with Crippen LogP contribution in [0.15, 0.2) is 60.7 Å². The molecule has 142 valence electrons. The average molecular weight is 396 g/mol. The fourth-order valence-electron chi connectivity index (χ4n) is 3.64. The lowest BCUT2D eigenvalue weighted by Gasteiger charge is -2.36. The molecule has 4 rings (SSSR count). The van der Waals surface area contributed by atoms with Crippen molar-refractivity contribution in [1.29, 1.82) is 0 Å². The number of hydrogen-bond acceptors (Lipinski definition) is 4. The van der Waals surface area contributed by atoms with E-state index in [9.17, 15) is 14.9 Å². The minimum Gasteiger partial charge on any atom is -0.362 e. The van der Waals surface area contributed by atoms with Crippen molar-refractivity contribution in [3.63, 3.8) is 0 Å². The van der Waals surface area contributed by atoms with Crippen LogP contribution in [0.4, 0.5) is 11.4 Å². The summed E-state index contributed by atoms with van der Waals surface area (Å²) in [5.74, 6) is -0.0120. The molecular formula is C21H18ClN3O3. The maximum Gasteiger partial charge on any atom is 0.294 e. The highest BCUT2D eigenvalue weighted by Gasteiger charge is 2.27. The molecule has 28 heavy (non-hydrogen) atoms. The van der Waals surface area contributed by atoms with Gasteiger partial charge in [0.2, 0.25) is 0 Å². The number of nitro benzene ring substituents is 1. The predicted octanol–water partition coefficient (Wildman–Crippen LogP) is 4.36. The predicted molar refractivity (Wildman–Crippen MR) is 110 cm³/mol. The largest absolute Gasteiger partial charge is 0.362 e. The molecule has 3 aromatic carbocycles. The van der Waals surface area contributed by atoms with Gasteiger partial charge in [-0.05, 0) is 29.0 Å². The highest BCUT2D eigenvalue weighted by atomic mass is 35.5. The number of anilines is 1. The molecule has 1 amide bonds. The first-order valence-electron chi connectivity index (χ1n) is 9.00. The molecule has 0 bridgehead atoms. The van der Waals surface area contributed by atoms with Gasteiger partial charge in [0, 0.05) is 42.8 Å². The summed E-state index contributed by atoms with van der Waals surface area (Å²) in [6.45, 7) is 2.06. The number of fused-ring (bicyclic) bond motifs is 1. The molecule has 0 unspecified atom stereocenters. The summed E-state index contributed by atoms with van der Waals surface area (Å²) in [5.41, 5.74) is 1.21. The minimum atomic E-state index is -0.422. The molecule has 6 nitrogen and oxygen atoms in total. The first kappa shape index (κ1) is 18.3. The Kier molecular flexibility index (Phi) is 4.88. The molecule has 1 saturated heterocycles. The van der Waals surface area contributed by atoms with E-state index in [4.69, 9.17) is 11.6 Å². The summed E-state index contributed by atoms with van der Waals surface area (Å²) in [6, 6.07) is 18.2. The van der Waals surface area contributed by atoms with Crippen molar-refractivity contribution in [3.8, 4) is 0 Å². The number of nitrogens with zero attached hydrogens (tertiary/aromatic N) is 3. The van der Waals surface area contributed by atoms with Crippen LogP contribution in [0.25, 0.3) is 10.8 Å². The van der Waals surface area contributed by atoms with Crippen LogP contribution in [0.5, 0.6) is 0 Å². The van der Waals surface area contributed by atoms with E-state index in [0.717, 1.165) is 10.8 Å². The number of hydrogen-bond donors (Lipinski definition) is 0. The van der Waals surface area contributed by atoms with Crippen LogP contribution in [0.1, 0.15) is 10.4 Å². The zero-order chi connectivity index (χ0) is 19.7. The average Bonchev–Trinajstić information content (AvgIpc) is 2.73. The van der Waals surface area contributed by atoms with Crippen molar-refractivity contribution in [3.05, 3.63) is 81.4 Å². The Morgan fingerprint density at radius 3 is 2.43 bits per heavy atom. The summed E-state index contributed by atoms with van der Waals surface area (Å²) < 4.78 is 0. The zero-order valence-corrected chi connectivity index (χ0v) is 15.8. The molecule has 1 fully saturated rings. The Hall–Kier alpha value is -3.12. The minimum absolute atomic E-state index is 0.0120. The smallest absolute Gasteiger partial charge is 0.294 e. The van der Waals surface area contributed by atoms with Crippen molar-refractivity contribution in [1.82, 2.24) is 4.90 Å². The van der Waals surface area contributed by atoms with Crippen LogP contribution in [-0.4, -0.2) is 41.9 Å². The molecule has 0 aromatic heterocycles. The molecule has 0 radical (unpaired) electrons. The van der Waals surface area contributed by atoms with Gasteiger partial charge < -0.3 is 9.80 Å². The highest BCUT2D eigenvalue weighted by molar-refractivity contribution is 6.30. The summed E-state index contributed by atoms with van der Waals surface area (Å²) in [7, 11) is 0. The van der Waals surface area contributed by atoms with Crippen molar-refractivity contribution in [2.24, 2.45) is 0 Å². The standard InChI is InChI=1S/C21H18ClN3O3/c22-16-8-9-19(20(14-16)25(27)28)23-10-12-24(13-11-23)21(26)18-7-3-5-15-4-1-2-6-17(15)18/h1-9,14H,10-13H2. The maximum absolute atomic E-state index is 13.1. The van der Waals surface area contributed by atoms with E-state index in [2.05, 4.69) is 0 Å². The third-order valence-electron chi connectivity index (χ3n) is 5.06. The summed E-state index contributed by atoms with van der Waals surface area (Å²) in [5, 5.41) is 13.7. The third kappa shape index (κ3) is 3.39. The van der Waals surface area contributed by atoms with Gasteiger partial charge in [0.25, 0.3) is 11.6 Å². The highest BCUT2D eigenvalue weighted by Crippen LogP contribution is 2.32. The molecule has 7 heteroatoms. The Bertz CT molecular complexity index is 1060. The Labute approximate surface area is 167 Å². The van der Waals surface area contributed by atoms with Gasteiger partial charge in [-0.2, -0.15) is 0 Å². The van der Waals surface area contributed by atoms with Gasteiger partial charge in [-0.25, -0.2) is 0 Å². The molecule has 1 aliphatic heterocycles.